The predicted octanol–water partition coefficient (Wildman–Crippen LogP) is 4.37. The van der Waals surface area contributed by atoms with E-state index in [0.717, 1.165) is 33.2 Å². The summed E-state index contributed by atoms with van der Waals surface area (Å²) in [7, 11) is 1.83. The Balaban J connectivity index is 1.64. The van der Waals surface area contributed by atoms with Gasteiger partial charge in [-0.1, -0.05) is 12.1 Å². The molecule has 1 aliphatic rings. The van der Waals surface area contributed by atoms with Gasteiger partial charge in [-0.25, -0.2) is 9.67 Å². The lowest BCUT2D eigenvalue weighted by molar-refractivity contribution is -0.121. The quantitative estimate of drug-likeness (QED) is 0.496. The number of benzene rings is 1. The molecule has 0 bridgehead atoms. The smallest absolute Gasteiger partial charge is 0.236 e. The lowest BCUT2D eigenvalue weighted by atomic mass is 9.85. The molecule has 0 atom stereocenters. The van der Waals surface area contributed by atoms with E-state index in [2.05, 4.69) is 11.1 Å². The molecule has 4 heterocycles. The molecular formula is C23H21N5OS. The van der Waals surface area contributed by atoms with Crippen molar-refractivity contribution < 1.29 is 4.79 Å². The van der Waals surface area contributed by atoms with E-state index in [1.54, 1.807) is 22.4 Å². The molecule has 0 radical (unpaired) electrons. The zero-order valence-corrected chi connectivity index (χ0v) is 17.8. The summed E-state index contributed by atoms with van der Waals surface area (Å²) in [5.74, 6) is 1.57. The van der Waals surface area contributed by atoms with E-state index >= 15 is 0 Å². The summed E-state index contributed by atoms with van der Waals surface area (Å²) in [6, 6.07) is 16.0. The summed E-state index contributed by atoms with van der Waals surface area (Å²) in [5, 5.41) is 6.80. The number of rotatable bonds is 4. The van der Waals surface area contributed by atoms with Crippen LogP contribution in [0, 0.1) is 0 Å². The minimum atomic E-state index is -0.567. The fourth-order valence-electron chi connectivity index (χ4n) is 3.93. The van der Waals surface area contributed by atoms with Crippen molar-refractivity contribution in [2.75, 3.05) is 11.9 Å². The lowest BCUT2D eigenvalue weighted by Gasteiger charge is -2.16. The number of carbonyl (C=O) groups is 1. The van der Waals surface area contributed by atoms with Crippen LogP contribution in [0.25, 0.3) is 22.1 Å². The van der Waals surface area contributed by atoms with Gasteiger partial charge in [0.25, 0.3) is 0 Å². The summed E-state index contributed by atoms with van der Waals surface area (Å²) in [5.41, 5.74) is 3.25. The molecule has 0 N–H and O–H groups in total. The van der Waals surface area contributed by atoms with Crippen LogP contribution in [-0.2, 0) is 16.8 Å². The maximum absolute atomic E-state index is 12.7. The minimum Gasteiger partial charge on any atom is -0.314 e. The van der Waals surface area contributed by atoms with Gasteiger partial charge < -0.3 is 4.90 Å². The summed E-state index contributed by atoms with van der Waals surface area (Å²) in [4.78, 5) is 24.7. The highest BCUT2D eigenvalue weighted by Gasteiger charge is 2.42. The first-order chi connectivity index (χ1) is 14.4. The summed E-state index contributed by atoms with van der Waals surface area (Å²) in [6.07, 6.45) is 1.78. The van der Waals surface area contributed by atoms with Gasteiger partial charge in [0, 0.05) is 24.5 Å². The third-order valence-electron chi connectivity index (χ3n) is 5.58. The van der Waals surface area contributed by atoms with Crippen LogP contribution in [0.3, 0.4) is 0 Å². The minimum absolute atomic E-state index is 0.101. The molecule has 0 aliphatic carbocycles. The number of nitrogens with zero attached hydrogens (tertiary/aromatic N) is 5. The number of carbonyl (C=O) groups excluding carboxylic acids is 1. The van der Waals surface area contributed by atoms with Crippen molar-refractivity contribution in [1.82, 2.24) is 19.7 Å². The number of pyridine rings is 1. The van der Waals surface area contributed by atoms with Crippen molar-refractivity contribution in [3.63, 3.8) is 0 Å². The Morgan fingerprint density at radius 1 is 1.10 bits per heavy atom. The first-order valence-corrected chi connectivity index (χ1v) is 10.6. The number of likely N-dealkylation sites (N-methyl/N-ethyl adjacent to an activating group) is 1. The van der Waals surface area contributed by atoms with Crippen molar-refractivity contribution in [3.8, 4) is 22.1 Å². The zero-order valence-electron chi connectivity index (χ0n) is 17.0. The second kappa shape index (κ2) is 6.88. The molecule has 7 heteroatoms. The van der Waals surface area contributed by atoms with Crippen LogP contribution in [0.1, 0.15) is 25.1 Å². The molecule has 1 aromatic carbocycles. The van der Waals surface area contributed by atoms with Crippen LogP contribution in [0.5, 0.6) is 0 Å². The average Bonchev–Trinajstić information content (AvgIpc) is 3.46. The molecule has 30 heavy (non-hydrogen) atoms. The van der Waals surface area contributed by atoms with E-state index in [0.29, 0.717) is 12.4 Å². The van der Waals surface area contributed by atoms with E-state index in [-0.39, 0.29) is 5.91 Å². The third kappa shape index (κ3) is 2.93. The van der Waals surface area contributed by atoms with Crippen LogP contribution in [-0.4, -0.2) is 32.7 Å². The number of hydrogen-bond donors (Lipinski definition) is 0. The van der Waals surface area contributed by atoms with Crippen LogP contribution in [0.4, 0.5) is 5.69 Å². The Morgan fingerprint density at radius 3 is 2.70 bits per heavy atom. The molecule has 0 saturated heterocycles. The van der Waals surface area contributed by atoms with Crippen LogP contribution < -0.4 is 4.90 Å². The first-order valence-electron chi connectivity index (χ1n) is 9.77. The molecule has 0 spiro atoms. The van der Waals surface area contributed by atoms with Crippen LogP contribution in [0.15, 0.2) is 60.1 Å². The summed E-state index contributed by atoms with van der Waals surface area (Å²) in [6.45, 7) is 4.46. The van der Waals surface area contributed by atoms with E-state index in [1.165, 1.54) is 0 Å². The number of amides is 1. The van der Waals surface area contributed by atoms with Gasteiger partial charge in [-0.05, 0) is 61.2 Å². The zero-order chi connectivity index (χ0) is 20.9. The van der Waals surface area contributed by atoms with Gasteiger partial charge >= 0.3 is 0 Å². The van der Waals surface area contributed by atoms with Crippen molar-refractivity contribution in [2.45, 2.75) is 25.8 Å². The van der Waals surface area contributed by atoms with E-state index in [4.69, 9.17) is 10.1 Å². The molecule has 6 nitrogen and oxygen atoms in total. The third-order valence-corrected chi connectivity index (χ3v) is 6.45. The SMILES string of the molecule is CN1C(=O)C(C)(C)c2cc(-c3nc(-c4cccs4)nn3Cc3ccccn3)ccc21. The average molecular weight is 416 g/mol. The van der Waals surface area contributed by atoms with E-state index < -0.39 is 5.41 Å². The Morgan fingerprint density at radius 2 is 1.97 bits per heavy atom. The first kappa shape index (κ1) is 18.7. The molecule has 1 amide bonds. The molecule has 0 fully saturated rings. The van der Waals surface area contributed by atoms with Gasteiger partial charge in [0.15, 0.2) is 11.6 Å². The monoisotopic (exact) mass is 415 g/mol. The molecule has 4 aromatic rings. The van der Waals surface area contributed by atoms with Crippen molar-refractivity contribution in [1.29, 1.82) is 0 Å². The highest BCUT2D eigenvalue weighted by Crippen LogP contribution is 2.42. The maximum atomic E-state index is 12.7. The molecule has 5 rings (SSSR count). The Hall–Kier alpha value is -3.32. The Labute approximate surface area is 178 Å². The summed E-state index contributed by atoms with van der Waals surface area (Å²) >= 11 is 1.61. The number of anilines is 1. The predicted molar refractivity (Wildman–Crippen MR) is 119 cm³/mol. The van der Waals surface area contributed by atoms with E-state index in [1.807, 2.05) is 73.4 Å². The highest BCUT2D eigenvalue weighted by atomic mass is 32.1. The van der Waals surface area contributed by atoms with Gasteiger partial charge in [0.2, 0.25) is 5.91 Å². The number of fused-ring (bicyclic) bond motifs is 1. The number of thiophene rings is 1. The van der Waals surface area contributed by atoms with Crippen LogP contribution >= 0.6 is 11.3 Å². The number of hydrogen-bond acceptors (Lipinski definition) is 5. The second-order valence-corrected chi connectivity index (χ2v) is 8.88. The fourth-order valence-corrected chi connectivity index (χ4v) is 4.59. The highest BCUT2D eigenvalue weighted by molar-refractivity contribution is 7.13. The topological polar surface area (TPSA) is 63.9 Å². The maximum Gasteiger partial charge on any atom is 0.236 e. The van der Waals surface area contributed by atoms with Crippen LogP contribution in [0.2, 0.25) is 0 Å². The van der Waals surface area contributed by atoms with Crippen molar-refractivity contribution >= 4 is 22.9 Å². The number of aromatic nitrogens is 4. The fraction of sp³-hybridized carbons (Fsp3) is 0.217. The lowest BCUT2D eigenvalue weighted by Crippen LogP contribution is -2.33. The molecule has 150 valence electrons. The summed E-state index contributed by atoms with van der Waals surface area (Å²) < 4.78 is 1.90. The standard InChI is InChI=1S/C23H21N5OS/c1-23(2)17-13-15(9-10-18(17)27(3)22(23)29)21-25-20(19-8-6-12-30-19)26-28(21)14-16-7-4-5-11-24-16/h4-13H,14H2,1-3H3. The van der Waals surface area contributed by atoms with Gasteiger partial charge in [-0.3, -0.25) is 9.78 Å². The van der Waals surface area contributed by atoms with Crippen molar-refractivity contribution in [2.24, 2.45) is 0 Å². The van der Waals surface area contributed by atoms with Gasteiger partial charge in [-0.15, -0.1) is 16.4 Å². The molecule has 3 aromatic heterocycles. The molecule has 0 unspecified atom stereocenters. The largest absolute Gasteiger partial charge is 0.314 e. The Bertz CT molecular complexity index is 1230. The van der Waals surface area contributed by atoms with Gasteiger partial charge in [0.1, 0.15) is 0 Å². The Kier molecular flexibility index (Phi) is 4.29. The van der Waals surface area contributed by atoms with Gasteiger partial charge in [0.05, 0.1) is 22.5 Å². The normalized spacial score (nSPS) is 14.9. The van der Waals surface area contributed by atoms with Gasteiger partial charge in [-0.2, -0.15) is 0 Å². The molecule has 1 aliphatic heterocycles. The molecular weight excluding hydrogens is 394 g/mol. The van der Waals surface area contributed by atoms with Crippen molar-refractivity contribution in [3.05, 3.63) is 71.4 Å². The van der Waals surface area contributed by atoms with E-state index in [9.17, 15) is 4.79 Å². The molecule has 0 saturated carbocycles. The second-order valence-electron chi connectivity index (χ2n) is 7.94.